The lowest BCUT2D eigenvalue weighted by atomic mass is 9.99. The SMILES string of the molecule is O=C(N1CCN(c2ccccccc(C3CCCC3)cc2)CC1)N1N=CCC1c1ccccccccc1. The summed E-state index contributed by atoms with van der Waals surface area (Å²) in [5, 5.41) is 6.16. The predicted molar refractivity (Wildman–Crippen MR) is 156 cm³/mol. The fourth-order valence-corrected chi connectivity index (χ4v) is 5.59. The van der Waals surface area contributed by atoms with Gasteiger partial charge in [-0.3, -0.25) is 0 Å². The minimum Gasteiger partial charge on any atom is -0.368 e. The van der Waals surface area contributed by atoms with Crippen molar-refractivity contribution < 1.29 is 4.79 Å². The standard InChI is InChI=1S/C33H38N4O/c38-33(37-32(22-23-34-37)30-17-9-4-2-1-3-5-10-18-30)36-26-24-35(25-27-36)31-19-11-7-6-8-14-29(20-21-31)28-15-12-13-16-28/h1-11,14,17-21,23,28,32H,12-13,15-16,22,24-27H2. The zero-order chi connectivity index (χ0) is 26.0. The van der Waals surface area contributed by atoms with Crippen molar-refractivity contribution in [3.63, 3.8) is 0 Å². The third kappa shape index (κ3) is 6.52. The summed E-state index contributed by atoms with van der Waals surface area (Å²) < 4.78 is 0. The number of carbonyl (C=O) groups excluding carboxylic acids is 1. The molecule has 38 heavy (non-hydrogen) atoms. The highest BCUT2D eigenvalue weighted by atomic mass is 16.2. The highest BCUT2D eigenvalue weighted by molar-refractivity contribution is 5.78. The van der Waals surface area contributed by atoms with Crippen LogP contribution < -0.4 is 4.90 Å². The summed E-state index contributed by atoms with van der Waals surface area (Å²) in [6.07, 6.45) is 7.83. The molecule has 1 unspecified atom stereocenters. The number of carbonyl (C=O) groups is 1. The lowest BCUT2D eigenvalue weighted by Crippen LogP contribution is -2.52. The maximum atomic E-state index is 13.6. The minimum absolute atomic E-state index is 0.0128. The Morgan fingerprint density at radius 3 is 1.89 bits per heavy atom. The number of hydrogen-bond donors (Lipinski definition) is 0. The van der Waals surface area contributed by atoms with Crippen molar-refractivity contribution in [1.29, 1.82) is 0 Å². The van der Waals surface area contributed by atoms with Gasteiger partial charge in [0.25, 0.3) is 0 Å². The molecule has 0 bridgehead atoms. The molecule has 5 rings (SSSR count). The van der Waals surface area contributed by atoms with Gasteiger partial charge in [0.15, 0.2) is 0 Å². The molecule has 1 atom stereocenters. The van der Waals surface area contributed by atoms with Gasteiger partial charge < -0.3 is 9.80 Å². The molecule has 2 amide bonds. The van der Waals surface area contributed by atoms with Crippen LogP contribution in [0.1, 0.15) is 55.2 Å². The van der Waals surface area contributed by atoms with Gasteiger partial charge >= 0.3 is 6.03 Å². The van der Waals surface area contributed by atoms with E-state index in [9.17, 15) is 4.79 Å². The molecule has 5 nitrogen and oxygen atoms in total. The number of nitrogens with zero attached hydrogens (tertiary/aromatic N) is 4. The number of piperazine rings is 1. The predicted octanol–water partition coefficient (Wildman–Crippen LogP) is 7.27. The van der Waals surface area contributed by atoms with Crippen LogP contribution >= 0.6 is 0 Å². The first kappa shape index (κ1) is 25.8. The van der Waals surface area contributed by atoms with Gasteiger partial charge in [-0.2, -0.15) is 5.10 Å². The highest BCUT2D eigenvalue weighted by Crippen LogP contribution is 2.34. The van der Waals surface area contributed by atoms with Crippen LogP contribution in [-0.4, -0.2) is 48.3 Å². The Kier molecular flexibility index (Phi) is 8.88. The molecule has 2 aromatic rings. The molecule has 1 saturated heterocycles. The normalized spacial score (nSPS) is 19.2. The second kappa shape index (κ2) is 13.1. The average Bonchev–Trinajstić information content (AvgIpc) is 3.67. The maximum Gasteiger partial charge on any atom is 0.341 e. The molecule has 0 radical (unpaired) electrons. The third-order valence-corrected chi connectivity index (χ3v) is 7.73. The van der Waals surface area contributed by atoms with E-state index in [1.807, 2.05) is 53.6 Å². The molecule has 0 aromatic heterocycles. The number of anilines is 1. The second-order valence-corrected chi connectivity index (χ2v) is 10.2. The number of urea groups is 1. The monoisotopic (exact) mass is 506 g/mol. The summed E-state index contributed by atoms with van der Waals surface area (Å²) in [7, 11) is 0. The molecule has 3 aliphatic rings. The van der Waals surface area contributed by atoms with E-state index in [1.165, 1.54) is 36.9 Å². The van der Waals surface area contributed by atoms with Gasteiger partial charge in [0.1, 0.15) is 0 Å². The van der Waals surface area contributed by atoms with E-state index >= 15 is 0 Å². The zero-order valence-electron chi connectivity index (χ0n) is 22.1. The topological polar surface area (TPSA) is 39.2 Å². The van der Waals surface area contributed by atoms with Crippen LogP contribution in [0.4, 0.5) is 10.5 Å². The maximum absolute atomic E-state index is 13.6. The number of hydrazone groups is 1. The number of hydrogen-bond acceptors (Lipinski definition) is 3. The van der Waals surface area contributed by atoms with Crippen molar-refractivity contribution in [2.45, 2.75) is 44.1 Å². The van der Waals surface area contributed by atoms with Crippen molar-refractivity contribution in [2.24, 2.45) is 5.10 Å². The Morgan fingerprint density at radius 1 is 0.658 bits per heavy atom. The molecule has 2 heterocycles. The van der Waals surface area contributed by atoms with Gasteiger partial charge in [-0.05, 0) is 42.0 Å². The first-order chi connectivity index (χ1) is 18.8. The minimum atomic E-state index is -0.0823. The molecular formula is C33H38N4O. The molecule has 2 aromatic carbocycles. The molecule has 0 N–H and O–H groups in total. The Hall–Kier alpha value is -3.86. The fourth-order valence-electron chi connectivity index (χ4n) is 5.59. The molecule has 1 aliphatic carbocycles. The van der Waals surface area contributed by atoms with Crippen molar-refractivity contribution in [3.8, 4) is 0 Å². The van der Waals surface area contributed by atoms with E-state index in [0.717, 1.165) is 25.1 Å². The average molecular weight is 507 g/mol. The van der Waals surface area contributed by atoms with E-state index in [4.69, 9.17) is 0 Å². The molecule has 2 aliphatic heterocycles. The largest absolute Gasteiger partial charge is 0.368 e. The summed E-state index contributed by atoms with van der Waals surface area (Å²) >= 11 is 0. The molecule has 196 valence electrons. The first-order valence-corrected chi connectivity index (χ1v) is 14.0. The van der Waals surface area contributed by atoms with Crippen LogP contribution in [0.15, 0.2) is 108 Å². The Morgan fingerprint density at radius 2 is 1.24 bits per heavy atom. The Balaban J connectivity index is 1.28. The zero-order valence-corrected chi connectivity index (χ0v) is 22.1. The molecule has 1 saturated carbocycles. The highest BCUT2D eigenvalue weighted by Gasteiger charge is 2.32. The fraction of sp³-hybridized carbons (Fsp3) is 0.333. The Labute approximate surface area is 227 Å². The molecule has 5 heteroatoms. The van der Waals surface area contributed by atoms with E-state index in [1.54, 1.807) is 5.01 Å². The van der Waals surface area contributed by atoms with Crippen LogP contribution in [0.5, 0.6) is 0 Å². The van der Waals surface area contributed by atoms with Gasteiger partial charge in [-0.15, -0.1) is 0 Å². The van der Waals surface area contributed by atoms with Crippen molar-refractivity contribution in [2.75, 3.05) is 31.1 Å². The Bertz CT molecular complexity index is 1200. The van der Waals surface area contributed by atoms with Gasteiger partial charge in [0.05, 0.1) is 6.04 Å². The summed E-state index contributed by atoms with van der Waals surface area (Å²) in [6.45, 7) is 2.97. The van der Waals surface area contributed by atoms with Crippen molar-refractivity contribution in [3.05, 3.63) is 114 Å². The third-order valence-electron chi connectivity index (χ3n) is 7.73. The lowest BCUT2D eigenvalue weighted by Gasteiger charge is -2.38. The quantitative estimate of drug-likeness (QED) is 0.439. The van der Waals surface area contributed by atoms with Crippen LogP contribution in [0, 0.1) is 0 Å². The van der Waals surface area contributed by atoms with Crippen LogP contribution in [-0.2, 0) is 0 Å². The van der Waals surface area contributed by atoms with Gasteiger partial charge in [-0.1, -0.05) is 104 Å². The van der Waals surface area contributed by atoms with E-state index in [0.29, 0.717) is 19.0 Å². The molecule has 0 spiro atoms. The lowest BCUT2D eigenvalue weighted by molar-refractivity contribution is 0.139. The van der Waals surface area contributed by atoms with Crippen molar-refractivity contribution in [1.82, 2.24) is 9.91 Å². The smallest absolute Gasteiger partial charge is 0.341 e. The van der Waals surface area contributed by atoms with E-state index in [-0.39, 0.29) is 12.1 Å². The second-order valence-electron chi connectivity index (χ2n) is 10.2. The van der Waals surface area contributed by atoms with Gasteiger partial charge in [0.2, 0.25) is 0 Å². The van der Waals surface area contributed by atoms with E-state index in [2.05, 4.69) is 70.7 Å². The van der Waals surface area contributed by atoms with Crippen LogP contribution in [0.25, 0.3) is 0 Å². The van der Waals surface area contributed by atoms with Crippen LogP contribution in [0.2, 0.25) is 0 Å². The summed E-state index contributed by atoms with van der Waals surface area (Å²) in [6, 6.07) is 35.6. The van der Waals surface area contributed by atoms with E-state index < -0.39 is 0 Å². The number of rotatable bonds is 3. The number of amides is 2. The van der Waals surface area contributed by atoms with Crippen LogP contribution in [0.3, 0.4) is 0 Å². The first-order valence-electron chi connectivity index (χ1n) is 14.0. The van der Waals surface area contributed by atoms with Gasteiger partial charge in [-0.25, -0.2) is 9.80 Å². The van der Waals surface area contributed by atoms with Crippen molar-refractivity contribution >= 4 is 17.9 Å². The summed E-state index contributed by atoms with van der Waals surface area (Å²) in [4.78, 5) is 17.9. The summed E-state index contributed by atoms with van der Waals surface area (Å²) in [5.41, 5.74) is 3.71. The van der Waals surface area contributed by atoms with Gasteiger partial charge in [0, 0.05) is 44.5 Å². The molecular weight excluding hydrogens is 468 g/mol. The molecule has 2 fully saturated rings. The summed E-state index contributed by atoms with van der Waals surface area (Å²) in [5.74, 6) is 0.670.